The Bertz CT molecular complexity index is 591. The van der Waals surface area contributed by atoms with Gasteiger partial charge in [-0.15, -0.1) is 23.7 Å². The van der Waals surface area contributed by atoms with Crippen LogP contribution < -0.4 is 0 Å². The van der Waals surface area contributed by atoms with E-state index in [1.165, 1.54) is 17.4 Å². The molecule has 2 rings (SSSR count). The fourth-order valence-electron chi connectivity index (χ4n) is 1.24. The zero-order valence-electron chi connectivity index (χ0n) is 7.67. The van der Waals surface area contributed by atoms with E-state index in [1.54, 1.807) is 19.1 Å². The summed E-state index contributed by atoms with van der Waals surface area (Å²) in [5, 5.41) is 0.774. The Morgan fingerprint density at radius 3 is 2.67 bits per heavy atom. The number of hydrogen-bond acceptors (Lipinski definition) is 4. The van der Waals surface area contributed by atoms with Crippen molar-refractivity contribution in [2.75, 3.05) is 0 Å². The molecule has 0 aliphatic heterocycles. The van der Waals surface area contributed by atoms with Crippen LogP contribution in [0.15, 0.2) is 23.1 Å². The summed E-state index contributed by atoms with van der Waals surface area (Å²) >= 11 is 1.40. The summed E-state index contributed by atoms with van der Waals surface area (Å²) in [7, 11) is -4.17. The van der Waals surface area contributed by atoms with Crippen LogP contribution in [0.25, 0.3) is 10.2 Å². The molecule has 1 heterocycles. The average Bonchev–Trinajstić information content (AvgIpc) is 2.41. The summed E-state index contributed by atoms with van der Waals surface area (Å²) in [5.41, 5.74) is 0.345. The Morgan fingerprint density at radius 2 is 2.07 bits per heavy atom. The van der Waals surface area contributed by atoms with E-state index >= 15 is 0 Å². The van der Waals surface area contributed by atoms with Crippen molar-refractivity contribution in [2.24, 2.45) is 0 Å². The van der Waals surface area contributed by atoms with Gasteiger partial charge < -0.3 is 0 Å². The Kier molecular flexibility index (Phi) is 3.34. The van der Waals surface area contributed by atoms with Gasteiger partial charge in [-0.2, -0.15) is 8.42 Å². The monoisotopic (exact) mass is 265 g/mol. The van der Waals surface area contributed by atoms with E-state index < -0.39 is 10.1 Å². The van der Waals surface area contributed by atoms with Gasteiger partial charge in [-0.05, 0) is 19.1 Å². The number of nitrogens with zero attached hydrogens (tertiary/aromatic N) is 1. The van der Waals surface area contributed by atoms with Crippen molar-refractivity contribution in [2.45, 2.75) is 11.8 Å². The van der Waals surface area contributed by atoms with Crippen LogP contribution in [0.5, 0.6) is 0 Å². The molecule has 0 aliphatic carbocycles. The standard InChI is InChI=1S/C8H7NO3S2.ClH/c1-5-9-8-6(13-5)3-2-4-7(8)14(10,11)12;/h2-4H,1H3,(H,10,11,12);1H. The van der Waals surface area contributed by atoms with Gasteiger partial charge in [-0.3, -0.25) is 4.55 Å². The zero-order valence-corrected chi connectivity index (χ0v) is 10.1. The third-order valence-corrected chi connectivity index (χ3v) is 3.59. The molecule has 0 fully saturated rings. The third kappa shape index (κ3) is 2.28. The van der Waals surface area contributed by atoms with E-state index in [0.29, 0.717) is 5.52 Å². The van der Waals surface area contributed by atoms with Crippen molar-refractivity contribution >= 4 is 44.1 Å². The molecule has 0 aliphatic rings. The van der Waals surface area contributed by atoms with E-state index in [0.717, 1.165) is 9.71 Å². The van der Waals surface area contributed by atoms with Gasteiger partial charge in [0.05, 0.1) is 9.71 Å². The van der Waals surface area contributed by atoms with Crippen LogP contribution in [-0.2, 0) is 10.1 Å². The molecule has 0 spiro atoms. The van der Waals surface area contributed by atoms with Crippen molar-refractivity contribution < 1.29 is 13.0 Å². The minimum absolute atomic E-state index is 0. The normalized spacial score (nSPS) is 11.3. The molecule has 2 aromatic rings. The number of rotatable bonds is 1. The number of benzene rings is 1. The highest BCUT2D eigenvalue weighted by Crippen LogP contribution is 2.26. The first-order chi connectivity index (χ1) is 6.48. The molecule has 1 aromatic heterocycles. The molecule has 1 N–H and O–H groups in total. The molecule has 0 atom stereocenters. The van der Waals surface area contributed by atoms with Crippen molar-refractivity contribution in [3.63, 3.8) is 0 Å². The number of para-hydroxylation sites is 1. The maximum Gasteiger partial charge on any atom is 0.296 e. The van der Waals surface area contributed by atoms with Crippen LogP contribution in [0.2, 0.25) is 0 Å². The smallest absolute Gasteiger partial charge is 0.282 e. The SMILES string of the molecule is Cc1nc2c(S(=O)(=O)O)cccc2s1.Cl. The molecule has 15 heavy (non-hydrogen) atoms. The number of thiazole rings is 1. The van der Waals surface area contributed by atoms with E-state index in [-0.39, 0.29) is 17.3 Å². The molecule has 0 unspecified atom stereocenters. The molecular weight excluding hydrogens is 258 g/mol. The second-order valence-electron chi connectivity index (χ2n) is 2.81. The molecule has 1 aromatic carbocycles. The highest BCUT2D eigenvalue weighted by atomic mass is 35.5. The molecule has 0 bridgehead atoms. The Hall–Kier alpha value is -0.690. The molecule has 0 saturated carbocycles. The van der Waals surface area contributed by atoms with Crippen molar-refractivity contribution in [1.82, 2.24) is 4.98 Å². The lowest BCUT2D eigenvalue weighted by Crippen LogP contribution is -1.98. The lowest BCUT2D eigenvalue weighted by Gasteiger charge is -1.96. The molecule has 0 radical (unpaired) electrons. The van der Waals surface area contributed by atoms with Crippen LogP contribution >= 0.6 is 23.7 Å². The van der Waals surface area contributed by atoms with Gasteiger partial charge in [-0.25, -0.2) is 4.98 Å². The Labute approximate surface area is 97.1 Å². The van der Waals surface area contributed by atoms with Gasteiger partial charge in [0.1, 0.15) is 10.4 Å². The van der Waals surface area contributed by atoms with Crippen LogP contribution in [0.3, 0.4) is 0 Å². The van der Waals surface area contributed by atoms with Gasteiger partial charge in [0.2, 0.25) is 0 Å². The Balaban J connectivity index is 0.00000112. The highest BCUT2D eigenvalue weighted by molar-refractivity contribution is 7.86. The van der Waals surface area contributed by atoms with Crippen LogP contribution in [0.4, 0.5) is 0 Å². The second-order valence-corrected chi connectivity index (χ2v) is 5.44. The predicted octanol–water partition coefficient (Wildman–Crippen LogP) is 2.27. The lowest BCUT2D eigenvalue weighted by molar-refractivity contribution is 0.484. The van der Waals surface area contributed by atoms with Crippen molar-refractivity contribution in [1.29, 1.82) is 0 Å². The number of fused-ring (bicyclic) bond motifs is 1. The fraction of sp³-hybridized carbons (Fsp3) is 0.125. The number of hydrogen-bond donors (Lipinski definition) is 1. The first-order valence-corrected chi connectivity index (χ1v) is 6.08. The highest BCUT2D eigenvalue weighted by Gasteiger charge is 2.15. The molecule has 7 heteroatoms. The zero-order chi connectivity index (χ0) is 10.3. The predicted molar refractivity (Wildman–Crippen MR) is 61.4 cm³/mol. The minimum atomic E-state index is -4.17. The summed E-state index contributed by atoms with van der Waals surface area (Å²) in [4.78, 5) is 3.93. The first-order valence-electron chi connectivity index (χ1n) is 3.82. The maximum absolute atomic E-state index is 11.0. The number of aryl methyl sites for hydroxylation is 1. The third-order valence-electron chi connectivity index (χ3n) is 1.77. The summed E-state index contributed by atoms with van der Waals surface area (Å²) in [6.45, 7) is 1.79. The summed E-state index contributed by atoms with van der Waals surface area (Å²) in [6.07, 6.45) is 0. The van der Waals surface area contributed by atoms with Crippen molar-refractivity contribution in [3.8, 4) is 0 Å². The second kappa shape index (κ2) is 4.05. The quantitative estimate of drug-likeness (QED) is 0.803. The van der Waals surface area contributed by atoms with Gasteiger partial charge >= 0.3 is 0 Å². The molecule has 82 valence electrons. The van der Waals surface area contributed by atoms with Gasteiger partial charge in [0, 0.05) is 0 Å². The number of halogens is 1. The summed E-state index contributed by atoms with van der Waals surface area (Å²) in [6, 6.07) is 4.70. The topological polar surface area (TPSA) is 67.3 Å². The molecule has 0 saturated heterocycles. The minimum Gasteiger partial charge on any atom is -0.282 e. The first kappa shape index (κ1) is 12.4. The summed E-state index contributed by atoms with van der Waals surface area (Å²) < 4.78 is 31.6. The van der Waals surface area contributed by atoms with Gasteiger partial charge in [0.25, 0.3) is 10.1 Å². The molecule has 0 amide bonds. The van der Waals surface area contributed by atoms with Gasteiger partial charge in [0.15, 0.2) is 0 Å². The fourth-order valence-corrected chi connectivity index (χ4v) is 2.81. The van der Waals surface area contributed by atoms with Crippen LogP contribution in [0, 0.1) is 6.92 Å². The summed E-state index contributed by atoms with van der Waals surface area (Å²) in [5.74, 6) is 0. The Morgan fingerprint density at radius 1 is 1.40 bits per heavy atom. The van der Waals surface area contributed by atoms with Gasteiger partial charge in [-0.1, -0.05) is 6.07 Å². The number of aromatic nitrogens is 1. The van der Waals surface area contributed by atoms with E-state index in [1.807, 2.05) is 0 Å². The maximum atomic E-state index is 11.0. The van der Waals surface area contributed by atoms with Crippen LogP contribution in [-0.4, -0.2) is 18.0 Å². The molecular formula is C8H8ClNO3S2. The van der Waals surface area contributed by atoms with E-state index in [2.05, 4.69) is 4.98 Å². The van der Waals surface area contributed by atoms with E-state index in [9.17, 15) is 8.42 Å². The average molecular weight is 266 g/mol. The van der Waals surface area contributed by atoms with Crippen LogP contribution in [0.1, 0.15) is 5.01 Å². The van der Waals surface area contributed by atoms with Crippen molar-refractivity contribution in [3.05, 3.63) is 23.2 Å². The lowest BCUT2D eigenvalue weighted by atomic mass is 10.3. The molecule has 4 nitrogen and oxygen atoms in total. The largest absolute Gasteiger partial charge is 0.296 e. The van der Waals surface area contributed by atoms with E-state index in [4.69, 9.17) is 4.55 Å².